The molecule has 5 nitrogen and oxygen atoms in total. The molecule has 19 heavy (non-hydrogen) atoms. The molecule has 1 atom stereocenters. The van der Waals surface area contributed by atoms with Gasteiger partial charge in [0.1, 0.15) is 11.3 Å². The first-order valence-electron chi connectivity index (χ1n) is 6.38. The number of nitrogens with two attached hydrogens (primary N) is 1. The fourth-order valence-corrected chi connectivity index (χ4v) is 2.26. The van der Waals surface area contributed by atoms with E-state index in [0.29, 0.717) is 13.2 Å². The van der Waals surface area contributed by atoms with Crippen LogP contribution < -0.4 is 15.4 Å². The maximum Gasteiger partial charge on any atom is 0.327 e. The molecule has 0 saturated heterocycles. The fourth-order valence-electron chi connectivity index (χ4n) is 2.26. The number of ether oxygens (including phenoxy) is 2. The lowest BCUT2D eigenvalue weighted by molar-refractivity contribution is -0.146. The summed E-state index contributed by atoms with van der Waals surface area (Å²) >= 11 is 0. The minimum Gasteiger partial charge on any atom is -0.491 e. The molecule has 1 aliphatic heterocycles. The zero-order valence-electron chi connectivity index (χ0n) is 11.4. The summed E-state index contributed by atoms with van der Waals surface area (Å²) in [5.41, 5.74) is 5.99. The molecule has 1 aromatic rings. The number of rotatable bonds is 3. The van der Waals surface area contributed by atoms with Crippen molar-refractivity contribution in [3.05, 3.63) is 24.3 Å². The largest absolute Gasteiger partial charge is 0.491 e. The van der Waals surface area contributed by atoms with Crippen molar-refractivity contribution in [2.24, 2.45) is 5.73 Å². The minimum absolute atomic E-state index is 0.403. The number of carbonyl (C=O) groups excluding carboxylic acids is 1. The fraction of sp³-hybridized carbons (Fsp3) is 0.500. The van der Waals surface area contributed by atoms with Gasteiger partial charge in [-0.05, 0) is 25.5 Å². The van der Waals surface area contributed by atoms with Crippen molar-refractivity contribution >= 4 is 11.7 Å². The molecule has 0 saturated carbocycles. The van der Waals surface area contributed by atoms with Crippen molar-refractivity contribution < 1.29 is 14.3 Å². The molecule has 1 unspecified atom stereocenters. The molecule has 0 amide bonds. The highest BCUT2D eigenvalue weighted by atomic mass is 16.5. The van der Waals surface area contributed by atoms with E-state index in [1.165, 1.54) is 7.11 Å². The van der Waals surface area contributed by atoms with Gasteiger partial charge in [0.15, 0.2) is 0 Å². The molecule has 1 aromatic carbocycles. The molecule has 104 valence electrons. The smallest absolute Gasteiger partial charge is 0.327 e. The van der Waals surface area contributed by atoms with Crippen molar-refractivity contribution in [2.45, 2.75) is 18.9 Å². The number of para-hydroxylation sites is 2. The van der Waals surface area contributed by atoms with Gasteiger partial charge in [0, 0.05) is 13.1 Å². The Morgan fingerprint density at radius 1 is 1.53 bits per heavy atom. The maximum absolute atomic E-state index is 11.7. The van der Waals surface area contributed by atoms with Crippen molar-refractivity contribution in [3.8, 4) is 5.75 Å². The number of fused-ring (bicyclic) bond motifs is 1. The molecule has 5 heteroatoms. The minimum atomic E-state index is -1.04. The molecule has 1 aliphatic rings. The molecular formula is C14H20N2O3. The summed E-state index contributed by atoms with van der Waals surface area (Å²) in [7, 11) is 1.35. The number of nitrogens with zero attached hydrogens (tertiary/aromatic N) is 1. The van der Waals surface area contributed by atoms with E-state index < -0.39 is 11.5 Å². The van der Waals surface area contributed by atoms with Gasteiger partial charge in [0.25, 0.3) is 0 Å². The topological polar surface area (TPSA) is 64.8 Å². The lowest BCUT2D eigenvalue weighted by atomic mass is 10.0. The Bertz CT molecular complexity index is 460. The zero-order valence-corrected chi connectivity index (χ0v) is 11.4. The highest BCUT2D eigenvalue weighted by Crippen LogP contribution is 2.31. The first-order chi connectivity index (χ1) is 9.04. The Morgan fingerprint density at radius 3 is 3.00 bits per heavy atom. The molecule has 0 aliphatic carbocycles. The second-order valence-electron chi connectivity index (χ2n) is 5.00. The zero-order chi connectivity index (χ0) is 13.9. The molecule has 0 bridgehead atoms. The second-order valence-corrected chi connectivity index (χ2v) is 5.00. The number of carbonyl (C=O) groups is 1. The standard InChI is InChI=1S/C14H20N2O3/c1-14(15,13(17)18-2)10-16-8-5-9-19-12-7-4-3-6-11(12)16/h3-4,6-7H,5,8-10,15H2,1-2H3. The molecule has 0 radical (unpaired) electrons. The third-order valence-electron chi connectivity index (χ3n) is 3.21. The highest BCUT2D eigenvalue weighted by molar-refractivity contribution is 5.81. The first-order valence-corrected chi connectivity index (χ1v) is 6.38. The Morgan fingerprint density at radius 2 is 2.26 bits per heavy atom. The summed E-state index contributed by atoms with van der Waals surface area (Å²) in [6.45, 7) is 3.57. The third kappa shape index (κ3) is 2.98. The highest BCUT2D eigenvalue weighted by Gasteiger charge is 2.33. The van der Waals surface area contributed by atoms with Crippen molar-refractivity contribution in [1.82, 2.24) is 0 Å². The second kappa shape index (κ2) is 5.48. The summed E-state index contributed by atoms with van der Waals surface area (Å²) in [5.74, 6) is 0.427. The third-order valence-corrected chi connectivity index (χ3v) is 3.21. The van der Waals surface area contributed by atoms with Gasteiger partial charge in [0.2, 0.25) is 0 Å². The van der Waals surface area contributed by atoms with E-state index >= 15 is 0 Å². The SMILES string of the molecule is COC(=O)C(C)(N)CN1CCCOc2ccccc21. The Labute approximate surface area is 113 Å². The Hall–Kier alpha value is -1.75. The van der Waals surface area contributed by atoms with E-state index in [2.05, 4.69) is 4.90 Å². The normalized spacial score (nSPS) is 17.7. The van der Waals surface area contributed by atoms with Gasteiger partial charge in [-0.15, -0.1) is 0 Å². The number of anilines is 1. The predicted molar refractivity (Wildman–Crippen MR) is 73.4 cm³/mol. The van der Waals surface area contributed by atoms with E-state index in [-0.39, 0.29) is 0 Å². The van der Waals surface area contributed by atoms with Crippen LogP contribution in [-0.4, -0.2) is 38.3 Å². The molecule has 0 aromatic heterocycles. The van der Waals surface area contributed by atoms with Crippen LogP contribution in [0.2, 0.25) is 0 Å². The molecule has 0 spiro atoms. The van der Waals surface area contributed by atoms with Crippen LogP contribution in [0.4, 0.5) is 5.69 Å². The lowest BCUT2D eigenvalue weighted by Gasteiger charge is -2.31. The number of hydrogen-bond donors (Lipinski definition) is 1. The number of benzene rings is 1. The molecule has 0 fully saturated rings. The van der Waals surface area contributed by atoms with Crippen molar-refractivity contribution in [3.63, 3.8) is 0 Å². The summed E-state index contributed by atoms with van der Waals surface area (Å²) < 4.78 is 10.4. The number of esters is 1. The van der Waals surface area contributed by atoms with Crippen LogP contribution in [0.15, 0.2) is 24.3 Å². The van der Waals surface area contributed by atoms with Crippen LogP contribution in [0, 0.1) is 0 Å². The van der Waals surface area contributed by atoms with Crippen molar-refractivity contribution in [1.29, 1.82) is 0 Å². The Kier molecular flexibility index (Phi) is 3.95. The van der Waals surface area contributed by atoms with Gasteiger partial charge < -0.3 is 20.1 Å². The Balaban J connectivity index is 2.23. The van der Waals surface area contributed by atoms with Gasteiger partial charge in [-0.3, -0.25) is 4.79 Å². The van der Waals surface area contributed by atoms with E-state index in [1.54, 1.807) is 6.92 Å². The first kappa shape index (κ1) is 13.7. The quantitative estimate of drug-likeness (QED) is 0.830. The van der Waals surface area contributed by atoms with E-state index in [1.807, 2.05) is 24.3 Å². The lowest BCUT2D eigenvalue weighted by Crippen LogP contribution is -2.54. The van der Waals surface area contributed by atoms with Gasteiger partial charge in [0.05, 0.1) is 19.4 Å². The van der Waals surface area contributed by atoms with Gasteiger partial charge in [-0.2, -0.15) is 0 Å². The average Bonchev–Trinajstić information content (AvgIpc) is 2.60. The van der Waals surface area contributed by atoms with Gasteiger partial charge in [-0.25, -0.2) is 0 Å². The maximum atomic E-state index is 11.7. The summed E-state index contributed by atoms with van der Waals surface area (Å²) in [6.07, 6.45) is 0.895. The monoisotopic (exact) mass is 264 g/mol. The van der Waals surface area contributed by atoms with Gasteiger partial charge in [-0.1, -0.05) is 12.1 Å². The van der Waals surface area contributed by atoms with E-state index in [4.69, 9.17) is 15.2 Å². The molecule has 2 rings (SSSR count). The van der Waals surface area contributed by atoms with Crippen LogP contribution in [0.25, 0.3) is 0 Å². The summed E-state index contributed by atoms with van der Waals surface area (Å²) in [4.78, 5) is 13.8. The van der Waals surface area contributed by atoms with E-state index in [0.717, 1.165) is 24.4 Å². The molecule has 2 N–H and O–H groups in total. The van der Waals surface area contributed by atoms with Crippen LogP contribution in [0.3, 0.4) is 0 Å². The van der Waals surface area contributed by atoms with Crippen LogP contribution in [0.1, 0.15) is 13.3 Å². The number of hydrogen-bond acceptors (Lipinski definition) is 5. The van der Waals surface area contributed by atoms with Gasteiger partial charge >= 0.3 is 5.97 Å². The van der Waals surface area contributed by atoms with Crippen LogP contribution in [0.5, 0.6) is 5.75 Å². The molecular weight excluding hydrogens is 244 g/mol. The van der Waals surface area contributed by atoms with E-state index in [9.17, 15) is 4.79 Å². The van der Waals surface area contributed by atoms with Crippen molar-refractivity contribution in [2.75, 3.05) is 31.7 Å². The summed E-state index contributed by atoms with van der Waals surface area (Å²) in [5, 5.41) is 0. The number of methoxy groups -OCH3 is 1. The average molecular weight is 264 g/mol. The summed E-state index contributed by atoms with van der Waals surface area (Å²) in [6, 6.07) is 7.80. The van der Waals surface area contributed by atoms with Crippen LogP contribution >= 0.6 is 0 Å². The molecule has 1 heterocycles. The predicted octanol–water partition coefficient (Wildman–Crippen LogP) is 1.17. The van der Waals surface area contributed by atoms with Crippen LogP contribution in [-0.2, 0) is 9.53 Å².